The Kier molecular flexibility index (Phi) is 4.77. The fraction of sp³-hybridized carbons (Fsp3) is 1.00. The molecule has 0 bridgehead atoms. The minimum absolute atomic E-state index is 0.0390. The van der Waals surface area contributed by atoms with Crippen LogP contribution in [0.5, 0.6) is 0 Å². The molecule has 0 aromatic carbocycles. The lowest BCUT2D eigenvalue weighted by Gasteiger charge is -2.25. The first-order valence-electron chi connectivity index (χ1n) is 4.52. The summed E-state index contributed by atoms with van der Waals surface area (Å²) in [6.07, 6.45) is 6.85. The SMILES string of the molecule is CSCCCC1(CCl)CCCO1. The van der Waals surface area contributed by atoms with Crippen molar-refractivity contribution >= 4 is 23.4 Å². The van der Waals surface area contributed by atoms with E-state index in [2.05, 4.69) is 6.26 Å². The Morgan fingerprint density at radius 3 is 2.92 bits per heavy atom. The van der Waals surface area contributed by atoms with Crippen LogP contribution in [0.4, 0.5) is 0 Å². The Labute approximate surface area is 84.2 Å². The van der Waals surface area contributed by atoms with Gasteiger partial charge in [-0.05, 0) is 37.7 Å². The Hall–Kier alpha value is 0.600. The van der Waals surface area contributed by atoms with E-state index >= 15 is 0 Å². The van der Waals surface area contributed by atoms with E-state index in [1.807, 2.05) is 11.8 Å². The van der Waals surface area contributed by atoms with Crippen LogP contribution in [0, 0.1) is 0 Å². The maximum Gasteiger partial charge on any atom is 0.0818 e. The lowest BCUT2D eigenvalue weighted by atomic mass is 9.97. The van der Waals surface area contributed by atoms with Crippen molar-refractivity contribution in [2.45, 2.75) is 31.3 Å². The Morgan fingerprint density at radius 2 is 2.42 bits per heavy atom. The molecule has 0 aliphatic carbocycles. The van der Waals surface area contributed by atoms with Crippen molar-refractivity contribution in [1.82, 2.24) is 0 Å². The third-order valence-electron chi connectivity index (χ3n) is 2.41. The number of alkyl halides is 1. The van der Waals surface area contributed by atoms with E-state index < -0.39 is 0 Å². The van der Waals surface area contributed by atoms with Gasteiger partial charge in [0.1, 0.15) is 0 Å². The zero-order valence-electron chi connectivity index (χ0n) is 7.64. The van der Waals surface area contributed by atoms with Gasteiger partial charge in [-0.15, -0.1) is 11.6 Å². The average molecular weight is 209 g/mol. The third kappa shape index (κ3) is 2.82. The molecule has 72 valence electrons. The Bertz CT molecular complexity index is 124. The summed E-state index contributed by atoms with van der Waals surface area (Å²) < 4.78 is 5.70. The van der Waals surface area contributed by atoms with E-state index in [9.17, 15) is 0 Å². The minimum Gasteiger partial charge on any atom is -0.374 e. The maximum atomic E-state index is 5.91. The quantitative estimate of drug-likeness (QED) is 0.508. The summed E-state index contributed by atoms with van der Waals surface area (Å²) in [5.74, 6) is 1.89. The molecule has 1 aliphatic rings. The molecule has 1 aliphatic heterocycles. The molecule has 0 spiro atoms. The highest BCUT2D eigenvalue weighted by Crippen LogP contribution is 2.31. The van der Waals surface area contributed by atoms with Crippen LogP contribution in [0.3, 0.4) is 0 Å². The predicted molar refractivity (Wildman–Crippen MR) is 56.3 cm³/mol. The molecule has 0 aromatic rings. The summed E-state index contributed by atoms with van der Waals surface area (Å²) in [6.45, 7) is 0.909. The average Bonchev–Trinajstić information content (AvgIpc) is 2.55. The van der Waals surface area contributed by atoms with Crippen LogP contribution in [-0.4, -0.2) is 30.1 Å². The van der Waals surface area contributed by atoms with Gasteiger partial charge >= 0.3 is 0 Å². The molecule has 0 amide bonds. The van der Waals surface area contributed by atoms with Crippen molar-refractivity contribution in [3.8, 4) is 0 Å². The summed E-state index contributed by atoms with van der Waals surface area (Å²) in [5, 5.41) is 0. The molecule has 1 heterocycles. The summed E-state index contributed by atoms with van der Waals surface area (Å²) in [4.78, 5) is 0. The van der Waals surface area contributed by atoms with Crippen molar-refractivity contribution < 1.29 is 4.74 Å². The number of rotatable bonds is 5. The molecule has 3 heteroatoms. The van der Waals surface area contributed by atoms with E-state index in [0.29, 0.717) is 5.88 Å². The lowest BCUT2D eigenvalue weighted by molar-refractivity contribution is 0.0160. The largest absolute Gasteiger partial charge is 0.374 e. The van der Waals surface area contributed by atoms with E-state index in [1.165, 1.54) is 18.6 Å². The molecule has 12 heavy (non-hydrogen) atoms. The first-order chi connectivity index (χ1) is 5.83. The van der Waals surface area contributed by atoms with Crippen molar-refractivity contribution in [2.75, 3.05) is 24.5 Å². The summed E-state index contributed by atoms with van der Waals surface area (Å²) in [5.41, 5.74) is 0.0390. The fourth-order valence-corrected chi connectivity index (χ4v) is 2.44. The van der Waals surface area contributed by atoms with Gasteiger partial charge in [0.2, 0.25) is 0 Å². The van der Waals surface area contributed by atoms with Gasteiger partial charge in [-0.1, -0.05) is 0 Å². The van der Waals surface area contributed by atoms with Crippen molar-refractivity contribution in [3.63, 3.8) is 0 Å². The van der Waals surface area contributed by atoms with Gasteiger partial charge in [0.15, 0.2) is 0 Å². The number of ether oxygens (including phenoxy) is 1. The van der Waals surface area contributed by atoms with Gasteiger partial charge in [-0.25, -0.2) is 0 Å². The topological polar surface area (TPSA) is 9.23 Å². The highest BCUT2D eigenvalue weighted by atomic mass is 35.5. The van der Waals surface area contributed by atoms with Crippen LogP contribution in [-0.2, 0) is 4.74 Å². The first-order valence-corrected chi connectivity index (χ1v) is 6.45. The van der Waals surface area contributed by atoms with Crippen LogP contribution in [0.15, 0.2) is 0 Å². The molecule has 0 aromatic heterocycles. The molecule has 0 N–H and O–H groups in total. The standard InChI is InChI=1S/C9H17ClOS/c1-12-7-3-5-9(8-10)4-2-6-11-9/h2-8H2,1H3. The lowest BCUT2D eigenvalue weighted by Crippen LogP contribution is -2.29. The van der Waals surface area contributed by atoms with Gasteiger partial charge in [0.05, 0.1) is 11.5 Å². The van der Waals surface area contributed by atoms with E-state index in [0.717, 1.165) is 19.4 Å². The van der Waals surface area contributed by atoms with Gasteiger partial charge in [0, 0.05) is 6.61 Å². The number of hydrogen-bond acceptors (Lipinski definition) is 2. The Morgan fingerprint density at radius 1 is 1.58 bits per heavy atom. The van der Waals surface area contributed by atoms with Crippen LogP contribution in [0.25, 0.3) is 0 Å². The monoisotopic (exact) mass is 208 g/mol. The molecule has 1 saturated heterocycles. The third-order valence-corrected chi connectivity index (χ3v) is 3.59. The van der Waals surface area contributed by atoms with Gasteiger partial charge in [-0.2, -0.15) is 11.8 Å². The van der Waals surface area contributed by atoms with E-state index in [1.54, 1.807) is 0 Å². The highest BCUT2D eigenvalue weighted by Gasteiger charge is 2.33. The van der Waals surface area contributed by atoms with Crippen molar-refractivity contribution in [2.24, 2.45) is 0 Å². The van der Waals surface area contributed by atoms with Gasteiger partial charge in [0.25, 0.3) is 0 Å². The molecular formula is C9H17ClOS. The summed E-state index contributed by atoms with van der Waals surface area (Å²) in [7, 11) is 0. The fourth-order valence-electron chi connectivity index (χ4n) is 1.66. The van der Waals surface area contributed by atoms with Crippen LogP contribution in [0.1, 0.15) is 25.7 Å². The zero-order valence-corrected chi connectivity index (χ0v) is 9.22. The molecule has 1 atom stereocenters. The maximum absolute atomic E-state index is 5.91. The normalized spacial score (nSPS) is 29.5. The smallest absolute Gasteiger partial charge is 0.0818 e. The molecule has 1 nitrogen and oxygen atoms in total. The van der Waals surface area contributed by atoms with Crippen LogP contribution in [0.2, 0.25) is 0 Å². The van der Waals surface area contributed by atoms with E-state index in [-0.39, 0.29) is 5.60 Å². The highest BCUT2D eigenvalue weighted by molar-refractivity contribution is 7.98. The molecule has 1 fully saturated rings. The second-order valence-corrected chi connectivity index (χ2v) is 4.62. The van der Waals surface area contributed by atoms with Gasteiger partial charge in [-0.3, -0.25) is 0 Å². The predicted octanol–water partition coefficient (Wildman–Crippen LogP) is 2.92. The molecule has 1 unspecified atom stereocenters. The number of halogens is 1. The molecular weight excluding hydrogens is 192 g/mol. The first kappa shape index (κ1) is 10.7. The van der Waals surface area contributed by atoms with Gasteiger partial charge < -0.3 is 4.74 Å². The second-order valence-electron chi connectivity index (χ2n) is 3.37. The van der Waals surface area contributed by atoms with E-state index in [4.69, 9.17) is 16.3 Å². The molecule has 0 saturated carbocycles. The number of thioether (sulfide) groups is 1. The van der Waals surface area contributed by atoms with Crippen LogP contribution >= 0.6 is 23.4 Å². The summed E-state index contributed by atoms with van der Waals surface area (Å²) in [6, 6.07) is 0. The van der Waals surface area contributed by atoms with Crippen LogP contribution < -0.4 is 0 Å². The Balaban J connectivity index is 2.24. The van der Waals surface area contributed by atoms with Crippen molar-refractivity contribution in [1.29, 1.82) is 0 Å². The second kappa shape index (κ2) is 5.36. The summed E-state index contributed by atoms with van der Waals surface area (Å²) >= 11 is 7.81. The zero-order chi connectivity index (χ0) is 8.86. The number of hydrogen-bond donors (Lipinski definition) is 0. The minimum atomic E-state index is 0.0390. The molecule has 0 radical (unpaired) electrons. The van der Waals surface area contributed by atoms with Crippen molar-refractivity contribution in [3.05, 3.63) is 0 Å². The molecule has 1 rings (SSSR count).